The van der Waals surface area contributed by atoms with E-state index in [1.54, 1.807) is 0 Å². The highest BCUT2D eigenvalue weighted by Gasteiger charge is 2.15. The molecule has 5 nitrogen and oxygen atoms in total. The molecular formula is C19H23NO4. The first-order valence-corrected chi connectivity index (χ1v) is 7.99. The standard InChI is InChI=1S/C19H23NO4/c1-13(7-8-14-5-3-2-4-6-14)20-12-18(22)15-9-10-17(21)16(11-15)19(23)24/h2-6,9-11,13,18,20-22H,7-8,12H2,1H3,(H,23,24)/t13-,18+/m1/s1. The van der Waals surface area contributed by atoms with Crippen molar-refractivity contribution in [2.45, 2.75) is 31.9 Å². The van der Waals surface area contributed by atoms with Crippen molar-refractivity contribution in [3.8, 4) is 5.75 Å². The summed E-state index contributed by atoms with van der Waals surface area (Å²) in [7, 11) is 0. The molecule has 4 N–H and O–H groups in total. The highest BCUT2D eigenvalue weighted by molar-refractivity contribution is 5.90. The third kappa shape index (κ3) is 5.08. The number of hydrogen-bond donors (Lipinski definition) is 4. The number of aryl methyl sites for hydroxylation is 1. The smallest absolute Gasteiger partial charge is 0.339 e. The minimum Gasteiger partial charge on any atom is -0.507 e. The molecule has 0 bridgehead atoms. The summed E-state index contributed by atoms with van der Waals surface area (Å²) in [4.78, 5) is 11.0. The van der Waals surface area contributed by atoms with E-state index in [0.29, 0.717) is 12.1 Å². The first-order chi connectivity index (χ1) is 11.5. The largest absolute Gasteiger partial charge is 0.507 e. The fourth-order valence-corrected chi connectivity index (χ4v) is 2.49. The molecule has 0 aliphatic rings. The normalized spacial score (nSPS) is 13.4. The van der Waals surface area contributed by atoms with Crippen molar-refractivity contribution in [1.82, 2.24) is 5.32 Å². The quantitative estimate of drug-likeness (QED) is 0.598. The number of aromatic hydroxyl groups is 1. The van der Waals surface area contributed by atoms with Gasteiger partial charge in [0.25, 0.3) is 0 Å². The molecule has 0 saturated heterocycles. The van der Waals surface area contributed by atoms with Crippen molar-refractivity contribution in [2.24, 2.45) is 0 Å². The summed E-state index contributed by atoms with van der Waals surface area (Å²) in [5.74, 6) is -1.52. The average Bonchev–Trinajstić information content (AvgIpc) is 2.59. The Balaban J connectivity index is 1.85. The molecule has 2 aromatic carbocycles. The van der Waals surface area contributed by atoms with Crippen LogP contribution in [0.5, 0.6) is 5.75 Å². The Kier molecular flexibility index (Phi) is 6.35. The van der Waals surface area contributed by atoms with Crippen LogP contribution in [-0.2, 0) is 6.42 Å². The Labute approximate surface area is 141 Å². The second-order valence-corrected chi connectivity index (χ2v) is 5.93. The third-order valence-electron chi connectivity index (χ3n) is 4.00. The Morgan fingerprint density at radius 2 is 1.88 bits per heavy atom. The van der Waals surface area contributed by atoms with Crippen molar-refractivity contribution in [3.05, 3.63) is 65.2 Å². The predicted octanol–water partition coefficient (Wildman–Crippen LogP) is 2.73. The topological polar surface area (TPSA) is 89.8 Å². The lowest BCUT2D eigenvalue weighted by atomic mass is 10.0. The van der Waals surface area contributed by atoms with Gasteiger partial charge < -0.3 is 20.6 Å². The lowest BCUT2D eigenvalue weighted by Crippen LogP contribution is -2.30. The molecule has 0 aliphatic heterocycles. The Hall–Kier alpha value is -2.37. The van der Waals surface area contributed by atoms with Crippen molar-refractivity contribution in [2.75, 3.05) is 6.54 Å². The molecule has 0 aliphatic carbocycles. The Morgan fingerprint density at radius 3 is 2.54 bits per heavy atom. The zero-order valence-electron chi connectivity index (χ0n) is 13.6. The molecule has 2 atom stereocenters. The van der Waals surface area contributed by atoms with Gasteiger partial charge in [-0.25, -0.2) is 4.79 Å². The maximum absolute atomic E-state index is 11.0. The summed E-state index contributed by atoms with van der Waals surface area (Å²) >= 11 is 0. The molecule has 0 heterocycles. The van der Waals surface area contributed by atoms with E-state index < -0.39 is 12.1 Å². The van der Waals surface area contributed by atoms with Gasteiger partial charge in [0.05, 0.1) is 6.10 Å². The maximum Gasteiger partial charge on any atom is 0.339 e. The number of aliphatic hydroxyl groups is 1. The second kappa shape index (κ2) is 8.47. The number of nitrogens with one attached hydrogen (secondary N) is 1. The lowest BCUT2D eigenvalue weighted by Gasteiger charge is -2.18. The van der Waals surface area contributed by atoms with E-state index in [9.17, 15) is 15.0 Å². The van der Waals surface area contributed by atoms with Gasteiger partial charge in [-0.2, -0.15) is 0 Å². The van der Waals surface area contributed by atoms with Crippen molar-refractivity contribution >= 4 is 5.97 Å². The zero-order chi connectivity index (χ0) is 17.5. The Morgan fingerprint density at radius 1 is 1.17 bits per heavy atom. The summed E-state index contributed by atoms with van der Waals surface area (Å²) < 4.78 is 0. The number of benzene rings is 2. The minimum atomic E-state index is -1.22. The molecule has 5 heteroatoms. The summed E-state index contributed by atoms with van der Waals surface area (Å²) in [6.45, 7) is 2.37. The fourth-order valence-electron chi connectivity index (χ4n) is 2.49. The van der Waals surface area contributed by atoms with Crippen LogP contribution in [0, 0.1) is 0 Å². The molecule has 0 fully saturated rings. The van der Waals surface area contributed by atoms with Gasteiger partial charge in [0.15, 0.2) is 0 Å². The second-order valence-electron chi connectivity index (χ2n) is 5.93. The molecule has 0 saturated carbocycles. The highest BCUT2D eigenvalue weighted by Crippen LogP contribution is 2.22. The number of carboxylic acids is 1. The van der Waals surface area contributed by atoms with Gasteiger partial charge >= 0.3 is 5.97 Å². The fraction of sp³-hybridized carbons (Fsp3) is 0.316. The maximum atomic E-state index is 11.0. The first kappa shape index (κ1) is 18.0. The van der Waals surface area contributed by atoms with Gasteiger partial charge in [-0.1, -0.05) is 36.4 Å². The van der Waals surface area contributed by atoms with Crippen LogP contribution >= 0.6 is 0 Å². The molecule has 2 rings (SSSR count). The SMILES string of the molecule is C[C@H](CCc1ccccc1)NC[C@H](O)c1ccc(O)c(C(=O)O)c1. The van der Waals surface area contributed by atoms with E-state index in [1.807, 2.05) is 18.2 Å². The van der Waals surface area contributed by atoms with Crippen LogP contribution in [0.1, 0.15) is 40.9 Å². The van der Waals surface area contributed by atoms with E-state index in [1.165, 1.54) is 23.8 Å². The lowest BCUT2D eigenvalue weighted by molar-refractivity contribution is 0.0693. The summed E-state index contributed by atoms with van der Waals surface area (Å²) in [6.07, 6.45) is 1.06. The van der Waals surface area contributed by atoms with Gasteiger partial charge in [0, 0.05) is 12.6 Å². The third-order valence-corrected chi connectivity index (χ3v) is 4.00. The molecule has 0 amide bonds. The van der Waals surface area contributed by atoms with Crippen LogP contribution in [0.25, 0.3) is 0 Å². The summed E-state index contributed by atoms with van der Waals surface area (Å²) in [5, 5.41) is 32.0. The molecule has 2 aromatic rings. The number of carbonyl (C=O) groups is 1. The number of hydrogen-bond acceptors (Lipinski definition) is 4. The summed E-state index contributed by atoms with van der Waals surface area (Å²) in [6, 6.07) is 14.5. The van der Waals surface area contributed by atoms with E-state index in [0.717, 1.165) is 12.8 Å². The van der Waals surface area contributed by atoms with Gasteiger partial charge in [-0.15, -0.1) is 0 Å². The van der Waals surface area contributed by atoms with Gasteiger partial charge in [-0.05, 0) is 43.0 Å². The van der Waals surface area contributed by atoms with Crippen LogP contribution in [0.4, 0.5) is 0 Å². The van der Waals surface area contributed by atoms with E-state index in [2.05, 4.69) is 24.4 Å². The molecule has 24 heavy (non-hydrogen) atoms. The Bertz CT molecular complexity index is 672. The van der Waals surface area contributed by atoms with Crippen molar-refractivity contribution in [1.29, 1.82) is 0 Å². The van der Waals surface area contributed by atoms with Crippen molar-refractivity contribution < 1.29 is 20.1 Å². The number of rotatable bonds is 8. The monoisotopic (exact) mass is 329 g/mol. The average molecular weight is 329 g/mol. The van der Waals surface area contributed by atoms with Crippen LogP contribution in [-0.4, -0.2) is 33.9 Å². The molecular weight excluding hydrogens is 306 g/mol. The number of phenols is 1. The molecule has 0 aromatic heterocycles. The van der Waals surface area contributed by atoms with Crippen molar-refractivity contribution in [3.63, 3.8) is 0 Å². The first-order valence-electron chi connectivity index (χ1n) is 7.99. The molecule has 0 spiro atoms. The van der Waals surface area contributed by atoms with E-state index >= 15 is 0 Å². The van der Waals surface area contributed by atoms with Crippen LogP contribution in [0.15, 0.2) is 48.5 Å². The highest BCUT2D eigenvalue weighted by atomic mass is 16.4. The van der Waals surface area contributed by atoms with Gasteiger partial charge in [-0.3, -0.25) is 0 Å². The molecule has 128 valence electrons. The number of aliphatic hydroxyl groups excluding tert-OH is 1. The summed E-state index contributed by atoms with van der Waals surface area (Å²) in [5.41, 5.74) is 1.54. The van der Waals surface area contributed by atoms with Gasteiger partial charge in [0.2, 0.25) is 0 Å². The number of aromatic carboxylic acids is 1. The zero-order valence-corrected chi connectivity index (χ0v) is 13.6. The van der Waals surface area contributed by atoms with E-state index in [-0.39, 0.29) is 17.4 Å². The van der Waals surface area contributed by atoms with E-state index in [4.69, 9.17) is 5.11 Å². The molecule has 0 unspecified atom stereocenters. The predicted molar refractivity (Wildman–Crippen MR) is 92.3 cm³/mol. The van der Waals surface area contributed by atoms with Crippen LogP contribution in [0.3, 0.4) is 0 Å². The van der Waals surface area contributed by atoms with Gasteiger partial charge in [0.1, 0.15) is 11.3 Å². The van der Waals surface area contributed by atoms with Crippen LogP contribution in [0.2, 0.25) is 0 Å². The molecule has 0 radical (unpaired) electrons. The van der Waals surface area contributed by atoms with Crippen LogP contribution < -0.4 is 5.32 Å². The number of carboxylic acid groups (broad SMARTS) is 1. The minimum absolute atomic E-state index is 0.205.